The Kier molecular flexibility index (Phi) is 1.48. The van der Waals surface area contributed by atoms with Gasteiger partial charge in [0.1, 0.15) is 0 Å². The highest BCUT2D eigenvalue weighted by atomic mass is 14.2. The van der Waals surface area contributed by atoms with Crippen LogP contribution in [0.3, 0.4) is 0 Å². The molecule has 0 fully saturated rings. The molecule has 1 aliphatic carbocycles. The molecule has 0 radical (unpaired) electrons. The van der Waals surface area contributed by atoms with Crippen molar-refractivity contribution in [3.05, 3.63) is 23.8 Å². The summed E-state index contributed by atoms with van der Waals surface area (Å²) >= 11 is 0. The van der Waals surface area contributed by atoms with Crippen LogP contribution in [0.1, 0.15) is 27.2 Å². The van der Waals surface area contributed by atoms with Crippen molar-refractivity contribution in [1.29, 1.82) is 0 Å². The predicted molar refractivity (Wildman–Crippen MR) is 41.3 cm³/mol. The third kappa shape index (κ3) is 1.44. The Morgan fingerprint density at radius 2 is 2.00 bits per heavy atom. The fraction of sp³-hybridized carbons (Fsp3) is 0.556. The zero-order valence-corrected chi connectivity index (χ0v) is 6.44. The maximum Gasteiger partial charge on any atom is -0.0135 e. The van der Waals surface area contributed by atoms with E-state index in [0.717, 1.165) is 6.42 Å². The Bertz CT molecular complexity index is 153. The van der Waals surface area contributed by atoms with Crippen LogP contribution in [-0.4, -0.2) is 0 Å². The molecule has 0 aromatic heterocycles. The molecule has 0 amide bonds. The van der Waals surface area contributed by atoms with E-state index in [-0.39, 0.29) is 0 Å². The molecule has 0 spiro atoms. The first-order valence-corrected chi connectivity index (χ1v) is 3.48. The molecule has 0 saturated heterocycles. The average molecular weight is 122 g/mol. The Hall–Kier alpha value is -0.520. The lowest BCUT2D eigenvalue weighted by atomic mass is 9.87. The molecule has 0 aromatic carbocycles. The first-order valence-electron chi connectivity index (χ1n) is 3.48. The topological polar surface area (TPSA) is 0 Å². The molecule has 1 rings (SSSR count). The van der Waals surface area contributed by atoms with Crippen molar-refractivity contribution in [1.82, 2.24) is 0 Å². The fourth-order valence-electron chi connectivity index (χ4n) is 1.01. The maximum atomic E-state index is 2.29. The molecule has 0 unspecified atom stereocenters. The van der Waals surface area contributed by atoms with Crippen LogP contribution < -0.4 is 0 Å². The van der Waals surface area contributed by atoms with Gasteiger partial charge in [0.15, 0.2) is 0 Å². The van der Waals surface area contributed by atoms with Gasteiger partial charge in [0.05, 0.1) is 0 Å². The summed E-state index contributed by atoms with van der Waals surface area (Å²) in [7, 11) is 0. The first kappa shape index (κ1) is 6.60. The van der Waals surface area contributed by atoms with Gasteiger partial charge in [-0.3, -0.25) is 0 Å². The Morgan fingerprint density at radius 3 is 2.22 bits per heavy atom. The van der Waals surface area contributed by atoms with Gasteiger partial charge < -0.3 is 0 Å². The lowest BCUT2D eigenvalue weighted by Crippen LogP contribution is -2.05. The number of hydrogen-bond acceptors (Lipinski definition) is 0. The molecule has 0 atom stereocenters. The maximum absolute atomic E-state index is 2.29. The summed E-state index contributed by atoms with van der Waals surface area (Å²) < 4.78 is 0. The van der Waals surface area contributed by atoms with Crippen LogP contribution >= 0.6 is 0 Å². The van der Waals surface area contributed by atoms with Crippen molar-refractivity contribution in [2.45, 2.75) is 27.2 Å². The molecule has 0 N–H and O–H groups in total. The molecule has 0 aliphatic heterocycles. The number of rotatable bonds is 0. The zero-order valence-electron chi connectivity index (χ0n) is 6.44. The van der Waals surface area contributed by atoms with Crippen LogP contribution in [0.15, 0.2) is 23.8 Å². The molecule has 0 heterocycles. The highest BCUT2D eigenvalue weighted by molar-refractivity contribution is 5.30. The van der Waals surface area contributed by atoms with Crippen LogP contribution in [0, 0.1) is 5.41 Å². The van der Waals surface area contributed by atoms with Crippen molar-refractivity contribution in [2.24, 2.45) is 5.41 Å². The second-order valence-electron chi connectivity index (χ2n) is 3.55. The van der Waals surface area contributed by atoms with Gasteiger partial charge in [-0.25, -0.2) is 0 Å². The monoisotopic (exact) mass is 122 g/mol. The van der Waals surface area contributed by atoms with Crippen molar-refractivity contribution >= 4 is 0 Å². The minimum Gasteiger partial charge on any atom is -0.0804 e. The van der Waals surface area contributed by atoms with E-state index < -0.39 is 0 Å². The van der Waals surface area contributed by atoms with E-state index in [4.69, 9.17) is 0 Å². The van der Waals surface area contributed by atoms with Gasteiger partial charge in [-0.1, -0.05) is 39.0 Å². The lowest BCUT2D eigenvalue weighted by Gasteiger charge is -2.18. The van der Waals surface area contributed by atoms with Crippen molar-refractivity contribution < 1.29 is 0 Å². The molecule has 0 aromatic rings. The third-order valence-electron chi connectivity index (χ3n) is 1.64. The van der Waals surface area contributed by atoms with E-state index in [1.807, 2.05) is 0 Å². The minimum atomic E-state index is 0.354. The van der Waals surface area contributed by atoms with Crippen LogP contribution in [0.2, 0.25) is 0 Å². The van der Waals surface area contributed by atoms with Crippen molar-refractivity contribution in [3.8, 4) is 0 Å². The van der Waals surface area contributed by atoms with Crippen molar-refractivity contribution in [2.75, 3.05) is 0 Å². The Morgan fingerprint density at radius 1 is 1.33 bits per heavy atom. The molecule has 0 bridgehead atoms. The molecular formula is C9H14. The van der Waals surface area contributed by atoms with Gasteiger partial charge in [0.25, 0.3) is 0 Å². The molecule has 0 heteroatoms. The van der Waals surface area contributed by atoms with Gasteiger partial charge >= 0.3 is 0 Å². The summed E-state index contributed by atoms with van der Waals surface area (Å²) in [6.07, 6.45) is 7.85. The van der Waals surface area contributed by atoms with Crippen LogP contribution in [0.4, 0.5) is 0 Å². The zero-order chi connectivity index (χ0) is 6.91. The highest BCUT2D eigenvalue weighted by Gasteiger charge is 2.15. The summed E-state index contributed by atoms with van der Waals surface area (Å²) in [6, 6.07) is 0. The molecule has 50 valence electrons. The van der Waals surface area contributed by atoms with E-state index >= 15 is 0 Å². The quantitative estimate of drug-likeness (QED) is 0.463. The van der Waals surface area contributed by atoms with Gasteiger partial charge in [0, 0.05) is 0 Å². The number of allylic oxidation sites excluding steroid dienone is 4. The minimum absolute atomic E-state index is 0.354. The standard InChI is InChI=1S/C9H14/c1-9(2,3)8-6-4-5-7-8/h4,6-7H,5H2,1-3H3. The third-order valence-corrected chi connectivity index (χ3v) is 1.64. The van der Waals surface area contributed by atoms with Gasteiger partial charge in [-0.15, -0.1) is 0 Å². The molecular weight excluding hydrogens is 108 g/mol. The second-order valence-corrected chi connectivity index (χ2v) is 3.55. The predicted octanol–water partition coefficient (Wildman–Crippen LogP) is 2.92. The summed E-state index contributed by atoms with van der Waals surface area (Å²) in [5.74, 6) is 0. The second kappa shape index (κ2) is 2.02. The normalized spacial score (nSPS) is 18.3. The van der Waals surface area contributed by atoms with Gasteiger partial charge in [-0.2, -0.15) is 0 Å². The van der Waals surface area contributed by atoms with E-state index in [1.165, 1.54) is 5.57 Å². The van der Waals surface area contributed by atoms with Gasteiger partial charge in [-0.05, 0) is 17.4 Å². The van der Waals surface area contributed by atoms with Crippen LogP contribution in [0.5, 0.6) is 0 Å². The summed E-state index contributed by atoms with van der Waals surface area (Å²) in [6.45, 7) is 6.73. The largest absolute Gasteiger partial charge is 0.0804 e. The molecule has 1 aliphatic rings. The van der Waals surface area contributed by atoms with E-state index in [2.05, 4.69) is 39.0 Å². The SMILES string of the molecule is CC(C)(C)C1=CCC=C1. The van der Waals surface area contributed by atoms with Gasteiger partial charge in [0.2, 0.25) is 0 Å². The average Bonchev–Trinajstić information content (AvgIpc) is 2.08. The molecule has 0 nitrogen and oxygen atoms in total. The first-order chi connectivity index (χ1) is 4.11. The summed E-state index contributed by atoms with van der Waals surface area (Å²) in [5, 5.41) is 0. The summed E-state index contributed by atoms with van der Waals surface area (Å²) in [5.41, 5.74) is 1.83. The summed E-state index contributed by atoms with van der Waals surface area (Å²) in [4.78, 5) is 0. The molecule has 0 saturated carbocycles. The van der Waals surface area contributed by atoms with Crippen molar-refractivity contribution in [3.63, 3.8) is 0 Å². The van der Waals surface area contributed by atoms with E-state index in [9.17, 15) is 0 Å². The smallest absolute Gasteiger partial charge is 0.0135 e. The lowest BCUT2D eigenvalue weighted by molar-refractivity contribution is 0.518. The number of hydrogen-bond donors (Lipinski definition) is 0. The van der Waals surface area contributed by atoms with E-state index in [1.54, 1.807) is 0 Å². The fourth-order valence-corrected chi connectivity index (χ4v) is 1.01. The Labute approximate surface area is 57.3 Å². The molecule has 9 heavy (non-hydrogen) atoms. The van der Waals surface area contributed by atoms with E-state index in [0.29, 0.717) is 5.41 Å². The highest BCUT2D eigenvalue weighted by Crippen LogP contribution is 2.29. The van der Waals surface area contributed by atoms with Crippen LogP contribution in [0.25, 0.3) is 0 Å². The van der Waals surface area contributed by atoms with Crippen LogP contribution in [-0.2, 0) is 0 Å². The Balaban J connectivity index is 2.73.